The quantitative estimate of drug-likeness (QED) is 0.693. The Morgan fingerprint density at radius 1 is 1.11 bits per heavy atom. The van der Waals surface area contributed by atoms with Crippen LogP contribution in [-0.4, -0.2) is 38.3 Å². The fraction of sp³-hybridized carbons (Fsp3) is 0.278. The van der Waals surface area contributed by atoms with Crippen molar-refractivity contribution in [2.24, 2.45) is 0 Å². The van der Waals surface area contributed by atoms with Crippen molar-refractivity contribution in [3.05, 3.63) is 53.3 Å². The van der Waals surface area contributed by atoms with Gasteiger partial charge in [-0.3, -0.25) is 4.79 Å². The topological polar surface area (TPSA) is 78.5 Å². The number of hydrogen-bond acceptors (Lipinski definition) is 4. The molecular formula is C18H21ClFN3O3S. The van der Waals surface area contributed by atoms with E-state index in [9.17, 15) is 17.6 Å². The van der Waals surface area contributed by atoms with Crippen LogP contribution in [0.25, 0.3) is 0 Å². The highest BCUT2D eigenvalue weighted by atomic mass is 35.5. The van der Waals surface area contributed by atoms with Gasteiger partial charge in [-0.15, -0.1) is 0 Å². The zero-order valence-corrected chi connectivity index (χ0v) is 16.6. The SMILES string of the molecule is CCN(CC)S(=O)(=O)c1ccc(NC(=O)CNc2ccc(Cl)cc2F)cc1. The monoisotopic (exact) mass is 413 g/mol. The molecule has 9 heteroatoms. The summed E-state index contributed by atoms with van der Waals surface area (Å²) in [5.74, 6) is -0.954. The summed E-state index contributed by atoms with van der Waals surface area (Å²) in [6, 6.07) is 10.0. The summed E-state index contributed by atoms with van der Waals surface area (Å²) >= 11 is 5.68. The molecule has 0 aliphatic carbocycles. The van der Waals surface area contributed by atoms with Crippen molar-refractivity contribution in [1.82, 2.24) is 4.31 Å². The standard InChI is InChI=1S/C18H21ClFN3O3S/c1-3-23(4-2)27(25,26)15-8-6-14(7-9-15)22-18(24)12-21-17-10-5-13(19)11-16(17)20/h5-11,21H,3-4,12H2,1-2H3,(H,22,24). The van der Waals surface area contributed by atoms with Crippen molar-refractivity contribution >= 4 is 38.9 Å². The van der Waals surface area contributed by atoms with E-state index < -0.39 is 21.7 Å². The van der Waals surface area contributed by atoms with Crippen LogP contribution in [0.4, 0.5) is 15.8 Å². The molecule has 1 amide bonds. The molecule has 2 aromatic rings. The van der Waals surface area contributed by atoms with Gasteiger partial charge in [0.25, 0.3) is 0 Å². The number of benzene rings is 2. The van der Waals surface area contributed by atoms with Crippen molar-refractivity contribution in [1.29, 1.82) is 0 Å². The number of rotatable bonds is 8. The third-order valence-electron chi connectivity index (χ3n) is 3.85. The minimum absolute atomic E-state index is 0.155. The molecule has 0 aromatic heterocycles. The van der Waals surface area contributed by atoms with Gasteiger partial charge in [0.15, 0.2) is 0 Å². The molecule has 0 aliphatic heterocycles. The molecule has 0 heterocycles. The third-order valence-corrected chi connectivity index (χ3v) is 6.15. The van der Waals surface area contributed by atoms with Gasteiger partial charge in [-0.1, -0.05) is 25.4 Å². The van der Waals surface area contributed by atoms with E-state index in [1.165, 1.54) is 40.7 Å². The average molecular weight is 414 g/mol. The van der Waals surface area contributed by atoms with Crippen LogP contribution in [0, 0.1) is 5.82 Å². The lowest BCUT2D eigenvalue weighted by atomic mass is 10.3. The van der Waals surface area contributed by atoms with Crippen LogP contribution in [0.1, 0.15) is 13.8 Å². The van der Waals surface area contributed by atoms with Crippen LogP contribution in [-0.2, 0) is 14.8 Å². The molecule has 0 saturated carbocycles. The van der Waals surface area contributed by atoms with Crippen molar-refractivity contribution < 1.29 is 17.6 Å². The van der Waals surface area contributed by atoms with Gasteiger partial charge in [-0.25, -0.2) is 12.8 Å². The number of nitrogens with zero attached hydrogens (tertiary/aromatic N) is 1. The van der Waals surface area contributed by atoms with Crippen LogP contribution >= 0.6 is 11.6 Å². The summed E-state index contributed by atoms with van der Waals surface area (Å²) in [6.07, 6.45) is 0. The first kappa shape index (κ1) is 21.1. The molecule has 0 unspecified atom stereocenters. The maximum absolute atomic E-state index is 13.7. The minimum Gasteiger partial charge on any atom is -0.374 e. The largest absolute Gasteiger partial charge is 0.374 e. The van der Waals surface area contributed by atoms with Crippen LogP contribution < -0.4 is 10.6 Å². The third kappa shape index (κ3) is 5.41. The molecule has 0 bridgehead atoms. The lowest BCUT2D eigenvalue weighted by Gasteiger charge is -2.18. The zero-order chi connectivity index (χ0) is 20.0. The highest BCUT2D eigenvalue weighted by Gasteiger charge is 2.21. The Morgan fingerprint density at radius 3 is 2.30 bits per heavy atom. The van der Waals surface area contributed by atoms with Gasteiger partial charge >= 0.3 is 0 Å². The molecular weight excluding hydrogens is 393 g/mol. The molecule has 2 aromatic carbocycles. The maximum Gasteiger partial charge on any atom is 0.243 e. The summed E-state index contributed by atoms with van der Waals surface area (Å²) in [6.45, 7) is 4.14. The Labute approximate surface area is 163 Å². The van der Waals surface area contributed by atoms with Crippen molar-refractivity contribution in [3.63, 3.8) is 0 Å². The number of halogens is 2. The Morgan fingerprint density at radius 2 is 1.74 bits per heavy atom. The van der Waals surface area contributed by atoms with Gasteiger partial charge in [-0.2, -0.15) is 4.31 Å². The van der Waals surface area contributed by atoms with Crippen molar-refractivity contribution in [3.8, 4) is 0 Å². The number of sulfonamides is 1. The van der Waals surface area contributed by atoms with E-state index in [4.69, 9.17) is 11.6 Å². The fourth-order valence-electron chi connectivity index (χ4n) is 2.44. The molecule has 0 radical (unpaired) electrons. The number of nitrogens with one attached hydrogen (secondary N) is 2. The van der Waals surface area contributed by atoms with Gasteiger partial charge in [-0.05, 0) is 42.5 Å². The van der Waals surface area contributed by atoms with Gasteiger partial charge in [0, 0.05) is 23.8 Å². The molecule has 0 spiro atoms. The van der Waals surface area contributed by atoms with Gasteiger partial charge in [0.05, 0.1) is 17.1 Å². The van der Waals surface area contributed by atoms with Crippen LogP contribution in [0.5, 0.6) is 0 Å². The second kappa shape index (κ2) is 9.16. The summed E-state index contributed by atoms with van der Waals surface area (Å²) in [5, 5.41) is 5.56. The van der Waals surface area contributed by atoms with E-state index in [0.29, 0.717) is 18.8 Å². The second-order valence-electron chi connectivity index (χ2n) is 5.64. The Kier molecular flexibility index (Phi) is 7.18. The number of hydrogen-bond donors (Lipinski definition) is 2. The van der Waals surface area contributed by atoms with Crippen LogP contribution in [0.2, 0.25) is 5.02 Å². The number of carbonyl (C=O) groups is 1. The smallest absolute Gasteiger partial charge is 0.243 e. The summed E-state index contributed by atoms with van der Waals surface area (Å²) in [5.41, 5.74) is 0.604. The first-order valence-corrected chi connectivity index (χ1v) is 10.2. The van der Waals surface area contributed by atoms with E-state index in [-0.39, 0.29) is 22.2 Å². The molecule has 0 aliphatic rings. The molecule has 0 saturated heterocycles. The lowest BCUT2D eigenvalue weighted by Crippen LogP contribution is -2.30. The Balaban J connectivity index is 1.98. The van der Waals surface area contributed by atoms with E-state index in [1.807, 2.05) is 0 Å². The summed E-state index contributed by atoms with van der Waals surface area (Å²) < 4.78 is 39.9. The first-order chi connectivity index (χ1) is 12.8. The maximum atomic E-state index is 13.7. The van der Waals surface area contributed by atoms with Crippen LogP contribution in [0.3, 0.4) is 0 Å². The Hall–Kier alpha value is -2.16. The van der Waals surface area contributed by atoms with Gasteiger partial charge < -0.3 is 10.6 Å². The van der Waals surface area contributed by atoms with Crippen LogP contribution in [0.15, 0.2) is 47.4 Å². The minimum atomic E-state index is -3.55. The molecule has 0 atom stereocenters. The summed E-state index contributed by atoms with van der Waals surface area (Å²) in [7, 11) is -3.55. The molecule has 2 rings (SSSR count). The lowest BCUT2D eigenvalue weighted by molar-refractivity contribution is -0.114. The van der Waals surface area contributed by atoms with Gasteiger partial charge in [0.2, 0.25) is 15.9 Å². The predicted molar refractivity (Wildman–Crippen MR) is 105 cm³/mol. The summed E-state index contributed by atoms with van der Waals surface area (Å²) in [4.78, 5) is 12.2. The molecule has 146 valence electrons. The molecule has 2 N–H and O–H groups in total. The van der Waals surface area contributed by atoms with Crippen molar-refractivity contribution in [2.45, 2.75) is 18.7 Å². The van der Waals surface area contributed by atoms with E-state index in [2.05, 4.69) is 10.6 Å². The number of amides is 1. The number of anilines is 2. The van der Waals surface area contributed by atoms with E-state index >= 15 is 0 Å². The first-order valence-electron chi connectivity index (χ1n) is 8.37. The van der Waals surface area contributed by atoms with E-state index in [1.54, 1.807) is 13.8 Å². The fourth-order valence-corrected chi connectivity index (χ4v) is 4.05. The zero-order valence-electron chi connectivity index (χ0n) is 15.0. The predicted octanol–water partition coefficient (Wildman–Crippen LogP) is 3.56. The van der Waals surface area contributed by atoms with Crippen molar-refractivity contribution in [2.75, 3.05) is 30.3 Å². The number of carbonyl (C=O) groups excluding carboxylic acids is 1. The average Bonchev–Trinajstić information content (AvgIpc) is 2.62. The normalized spacial score (nSPS) is 11.4. The highest BCUT2D eigenvalue weighted by Crippen LogP contribution is 2.20. The highest BCUT2D eigenvalue weighted by molar-refractivity contribution is 7.89. The molecule has 0 fully saturated rings. The molecule has 6 nitrogen and oxygen atoms in total. The van der Waals surface area contributed by atoms with E-state index in [0.717, 1.165) is 6.07 Å². The second-order valence-corrected chi connectivity index (χ2v) is 8.01. The Bertz CT molecular complexity index is 901. The molecule has 27 heavy (non-hydrogen) atoms. The van der Waals surface area contributed by atoms with Gasteiger partial charge in [0.1, 0.15) is 5.82 Å².